The van der Waals surface area contributed by atoms with Crippen LogP contribution in [-0.2, 0) is 4.79 Å². The number of carbonyl (C=O) groups is 1. The van der Waals surface area contributed by atoms with Gasteiger partial charge in [0.05, 0.1) is 6.21 Å². The van der Waals surface area contributed by atoms with E-state index in [2.05, 4.69) is 31.4 Å². The van der Waals surface area contributed by atoms with Gasteiger partial charge < -0.3 is 10.1 Å². The number of nitrogens with one attached hydrogen (secondary N) is 2. The molecule has 1 unspecified atom stereocenters. The first-order valence-corrected chi connectivity index (χ1v) is 7.77. The molecule has 3 rings (SSSR count). The molecular formula is C17H14BrN3O2. The van der Waals surface area contributed by atoms with E-state index in [9.17, 15) is 9.90 Å². The van der Waals surface area contributed by atoms with Crippen molar-refractivity contribution in [3.05, 3.63) is 70.3 Å². The molecule has 3 aromatic rings. The van der Waals surface area contributed by atoms with Gasteiger partial charge in [0, 0.05) is 27.1 Å². The highest BCUT2D eigenvalue weighted by Crippen LogP contribution is 2.21. The van der Waals surface area contributed by atoms with Gasteiger partial charge in [0.25, 0.3) is 5.91 Å². The maximum absolute atomic E-state index is 11.9. The summed E-state index contributed by atoms with van der Waals surface area (Å²) in [5.74, 6) is -0.575. The number of aromatic amines is 1. The van der Waals surface area contributed by atoms with Gasteiger partial charge in [-0.25, -0.2) is 5.43 Å². The van der Waals surface area contributed by atoms with Gasteiger partial charge in [0.2, 0.25) is 0 Å². The summed E-state index contributed by atoms with van der Waals surface area (Å²) in [6.07, 6.45) is 2.10. The summed E-state index contributed by atoms with van der Waals surface area (Å²) < 4.78 is 0.961. The molecule has 0 aliphatic rings. The molecule has 0 bridgehead atoms. The number of aromatic nitrogens is 1. The number of fused-ring (bicyclic) bond motifs is 1. The minimum Gasteiger partial charge on any atom is -0.378 e. The van der Waals surface area contributed by atoms with Crippen molar-refractivity contribution in [2.24, 2.45) is 5.10 Å². The van der Waals surface area contributed by atoms with Gasteiger partial charge in [-0.1, -0.05) is 46.3 Å². The molecule has 3 N–H and O–H groups in total. The van der Waals surface area contributed by atoms with Crippen molar-refractivity contribution in [2.45, 2.75) is 6.10 Å². The molecule has 116 valence electrons. The average molecular weight is 372 g/mol. The maximum atomic E-state index is 11.9. The van der Waals surface area contributed by atoms with Gasteiger partial charge in [-0.05, 0) is 23.8 Å². The first kappa shape index (κ1) is 15.5. The molecule has 1 heterocycles. The van der Waals surface area contributed by atoms with Crippen LogP contribution >= 0.6 is 15.9 Å². The molecule has 2 aromatic carbocycles. The fraction of sp³-hybridized carbons (Fsp3) is 0.0588. The zero-order valence-corrected chi connectivity index (χ0v) is 13.6. The van der Waals surface area contributed by atoms with E-state index >= 15 is 0 Å². The molecular weight excluding hydrogens is 358 g/mol. The van der Waals surface area contributed by atoms with Gasteiger partial charge in [-0.3, -0.25) is 4.79 Å². The van der Waals surface area contributed by atoms with Gasteiger partial charge in [0.1, 0.15) is 0 Å². The Labute approximate surface area is 141 Å². The van der Waals surface area contributed by atoms with E-state index in [1.807, 2.05) is 24.3 Å². The molecule has 0 saturated carbocycles. The zero-order chi connectivity index (χ0) is 16.2. The van der Waals surface area contributed by atoms with Gasteiger partial charge in [0.15, 0.2) is 6.10 Å². The minimum absolute atomic E-state index is 0.524. The van der Waals surface area contributed by atoms with Crippen molar-refractivity contribution in [3.8, 4) is 0 Å². The normalized spacial score (nSPS) is 12.6. The van der Waals surface area contributed by atoms with Crippen LogP contribution in [0, 0.1) is 0 Å². The third-order valence-electron chi connectivity index (χ3n) is 3.42. The van der Waals surface area contributed by atoms with Gasteiger partial charge in [-0.15, -0.1) is 0 Å². The molecule has 1 atom stereocenters. The van der Waals surface area contributed by atoms with Crippen LogP contribution < -0.4 is 5.43 Å². The van der Waals surface area contributed by atoms with Crippen molar-refractivity contribution >= 4 is 39.0 Å². The summed E-state index contributed by atoms with van der Waals surface area (Å²) in [4.78, 5) is 15.0. The zero-order valence-electron chi connectivity index (χ0n) is 12.0. The van der Waals surface area contributed by atoms with Crippen LogP contribution in [0.3, 0.4) is 0 Å². The Morgan fingerprint density at radius 2 is 2.04 bits per heavy atom. The second-order valence-corrected chi connectivity index (χ2v) is 5.90. The van der Waals surface area contributed by atoms with E-state index in [0.29, 0.717) is 5.56 Å². The predicted molar refractivity (Wildman–Crippen MR) is 93.1 cm³/mol. The molecule has 0 aliphatic heterocycles. The standard InChI is InChI=1S/C17H14BrN3O2/c18-13-6-7-15-14(8-13)12(9-19-15)10-20-21-17(23)16(22)11-4-2-1-3-5-11/h1-10,16,19,22H,(H,21,23). The number of amides is 1. The largest absolute Gasteiger partial charge is 0.378 e. The third kappa shape index (κ3) is 3.49. The van der Waals surface area contributed by atoms with Gasteiger partial charge >= 0.3 is 0 Å². The van der Waals surface area contributed by atoms with Crippen molar-refractivity contribution in [3.63, 3.8) is 0 Å². The van der Waals surface area contributed by atoms with Crippen LogP contribution in [0.5, 0.6) is 0 Å². The Morgan fingerprint density at radius 1 is 1.26 bits per heavy atom. The molecule has 5 nitrogen and oxygen atoms in total. The number of carbonyl (C=O) groups excluding carboxylic acids is 1. The topological polar surface area (TPSA) is 77.5 Å². The molecule has 6 heteroatoms. The number of aliphatic hydroxyl groups is 1. The number of hydrazone groups is 1. The number of hydrogen-bond donors (Lipinski definition) is 3. The number of rotatable bonds is 4. The first-order valence-electron chi connectivity index (χ1n) is 6.98. The number of H-pyrrole nitrogens is 1. The molecule has 0 spiro atoms. The van der Waals surface area contributed by atoms with E-state index in [4.69, 9.17) is 0 Å². The lowest BCUT2D eigenvalue weighted by molar-refractivity contribution is -0.129. The highest BCUT2D eigenvalue weighted by Gasteiger charge is 2.16. The number of halogens is 1. The summed E-state index contributed by atoms with van der Waals surface area (Å²) in [6.45, 7) is 0. The van der Waals surface area contributed by atoms with E-state index in [0.717, 1.165) is 20.9 Å². The Balaban J connectivity index is 1.70. The summed E-state index contributed by atoms with van der Waals surface area (Å²) in [5.41, 5.74) is 4.70. The monoisotopic (exact) mass is 371 g/mol. The lowest BCUT2D eigenvalue weighted by atomic mass is 10.1. The second-order valence-electron chi connectivity index (χ2n) is 4.98. The molecule has 0 fully saturated rings. The minimum atomic E-state index is -1.24. The van der Waals surface area contributed by atoms with E-state index in [1.54, 1.807) is 36.7 Å². The highest BCUT2D eigenvalue weighted by atomic mass is 79.9. The van der Waals surface area contributed by atoms with Crippen molar-refractivity contribution in [2.75, 3.05) is 0 Å². The molecule has 1 aromatic heterocycles. The summed E-state index contributed by atoms with van der Waals surface area (Å²) in [7, 11) is 0. The first-order chi connectivity index (χ1) is 11.1. The fourth-order valence-electron chi connectivity index (χ4n) is 2.23. The van der Waals surface area contributed by atoms with E-state index in [-0.39, 0.29) is 0 Å². The quantitative estimate of drug-likeness (QED) is 0.486. The van der Waals surface area contributed by atoms with Crippen molar-refractivity contribution < 1.29 is 9.90 Å². The van der Waals surface area contributed by atoms with Crippen LogP contribution in [0.1, 0.15) is 17.2 Å². The van der Waals surface area contributed by atoms with Crippen molar-refractivity contribution in [1.29, 1.82) is 0 Å². The van der Waals surface area contributed by atoms with E-state index in [1.165, 1.54) is 0 Å². The van der Waals surface area contributed by atoms with Gasteiger partial charge in [-0.2, -0.15) is 5.10 Å². The SMILES string of the molecule is O=C(NN=Cc1c[nH]c2ccc(Br)cc12)C(O)c1ccccc1. The third-order valence-corrected chi connectivity index (χ3v) is 3.91. The molecule has 1 amide bonds. The average Bonchev–Trinajstić information content (AvgIpc) is 2.97. The summed E-state index contributed by atoms with van der Waals surface area (Å²) in [6, 6.07) is 14.6. The molecule has 23 heavy (non-hydrogen) atoms. The van der Waals surface area contributed by atoms with Crippen LogP contribution in [0.15, 0.2) is 64.3 Å². The van der Waals surface area contributed by atoms with Crippen LogP contribution in [-0.4, -0.2) is 22.2 Å². The molecule has 0 radical (unpaired) electrons. The maximum Gasteiger partial charge on any atom is 0.273 e. The Hall–Kier alpha value is -2.44. The summed E-state index contributed by atoms with van der Waals surface area (Å²) >= 11 is 3.43. The summed E-state index contributed by atoms with van der Waals surface area (Å²) in [5, 5.41) is 14.9. The van der Waals surface area contributed by atoms with Crippen LogP contribution in [0.4, 0.5) is 0 Å². The highest BCUT2D eigenvalue weighted by molar-refractivity contribution is 9.10. The van der Waals surface area contributed by atoms with E-state index < -0.39 is 12.0 Å². The predicted octanol–water partition coefficient (Wildman–Crippen LogP) is 3.11. The Morgan fingerprint density at radius 3 is 2.83 bits per heavy atom. The van der Waals surface area contributed by atoms with Crippen LogP contribution in [0.25, 0.3) is 10.9 Å². The molecule has 0 aliphatic carbocycles. The van der Waals surface area contributed by atoms with Crippen molar-refractivity contribution in [1.82, 2.24) is 10.4 Å². The lowest BCUT2D eigenvalue weighted by Crippen LogP contribution is -2.25. The Bertz CT molecular complexity index is 859. The Kier molecular flexibility index (Phi) is 4.55. The fourth-order valence-corrected chi connectivity index (χ4v) is 2.60. The molecule has 0 saturated heterocycles. The number of hydrogen-bond acceptors (Lipinski definition) is 3. The smallest absolute Gasteiger partial charge is 0.273 e. The number of aliphatic hydroxyl groups excluding tert-OH is 1. The van der Waals surface area contributed by atoms with Crippen LogP contribution in [0.2, 0.25) is 0 Å². The second kappa shape index (κ2) is 6.76. The number of nitrogens with zero attached hydrogens (tertiary/aromatic N) is 1. The number of benzene rings is 2. The lowest BCUT2D eigenvalue weighted by Gasteiger charge is -2.08.